The fourth-order valence-electron chi connectivity index (χ4n) is 3.75. The van der Waals surface area contributed by atoms with Crippen LogP contribution in [0.15, 0.2) is 47.4 Å². The van der Waals surface area contributed by atoms with Crippen LogP contribution >= 0.6 is 11.6 Å². The second kappa shape index (κ2) is 8.45. The lowest BCUT2D eigenvalue weighted by atomic mass is 10.1. The number of halogens is 1. The third kappa shape index (κ3) is 4.12. The van der Waals surface area contributed by atoms with Crippen molar-refractivity contribution in [3.63, 3.8) is 0 Å². The molecule has 1 N–H and O–H groups in total. The lowest BCUT2D eigenvalue weighted by Gasteiger charge is -2.26. The maximum absolute atomic E-state index is 13.0. The first kappa shape index (κ1) is 21.0. The zero-order chi connectivity index (χ0) is 21.3. The quantitative estimate of drug-likeness (QED) is 0.756. The van der Waals surface area contributed by atoms with Crippen LogP contribution in [0.3, 0.4) is 0 Å². The topological polar surface area (TPSA) is 84.9 Å². The summed E-state index contributed by atoms with van der Waals surface area (Å²) in [5.41, 5.74) is 0.859. The van der Waals surface area contributed by atoms with Crippen molar-refractivity contribution in [3.8, 4) is 11.5 Å². The van der Waals surface area contributed by atoms with Gasteiger partial charge in [-0.25, -0.2) is 8.42 Å². The van der Waals surface area contributed by atoms with Crippen molar-refractivity contribution in [3.05, 3.63) is 53.1 Å². The van der Waals surface area contributed by atoms with Crippen LogP contribution in [-0.4, -0.2) is 44.4 Å². The average molecular weight is 451 g/mol. The second-order valence-electron chi connectivity index (χ2n) is 7.36. The van der Waals surface area contributed by atoms with Gasteiger partial charge in [0.05, 0.1) is 10.9 Å². The van der Waals surface area contributed by atoms with E-state index in [0.717, 1.165) is 5.56 Å². The van der Waals surface area contributed by atoms with Crippen LogP contribution in [0, 0.1) is 0 Å². The van der Waals surface area contributed by atoms with Gasteiger partial charge in [0.2, 0.25) is 15.9 Å². The number of carbonyl (C=O) groups excluding carboxylic acids is 1. The van der Waals surface area contributed by atoms with E-state index in [0.29, 0.717) is 49.1 Å². The van der Waals surface area contributed by atoms with Crippen LogP contribution in [0.2, 0.25) is 5.02 Å². The summed E-state index contributed by atoms with van der Waals surface area (Å²) in [7, 11) is -3.78. The van der Waals surface area contributed by atoms with Crippen molar-refractivity contribution in [2.24, 2.45) is 0 Å². The molecule has 1 saturated heterocycles. The van der Waals surface area contributed by atoms with Crippen LogP contribution in [-0.2, 0) is 14.8 Å². The summed E-state index contributed by atoms with van der Waals surface area (Å²) in [5, 5.41) is 3.40. The first-order chi connectivity index (χ1) is 14.4. The van der Waals surface area contributed by atoms with E-state index in [4.69, 9.17) is 21.1 Å². The number of carbonyl (C=O) groups is 1. The number of fused-ring (bicyclic) bond motifs is 1. The minimum atomic E-state index is -3.78. The van der Waals surface area contributed by atoms with Gasteiger partial charge in [0.15, 0.2) is 11.5 Å². The van der Waals surface area contributed by atoms with Gasteiger partial charge in [-0.3, -0.25) is 4.79 Å². The molecule has 0 saturated carbocycles. The molecule has 2 aliphatic heterocycles. The molecule has 9 heteroatoms. The molecule has 2 aliphatic rings. The van der Waals surface area contributed by atoms with Crippen molar-refractivity contribution in [2.45, 2.75) is 36.7 Å². The van der Waals surface area contributed by atoms with Gasteiger partial charge in [-0.15, -0.1) is 0 Å². The maximum atomic E-state index is 13.0. The molecule has 0 aromatic heterocycles. The van der Waals surface area contributed by atoms with E-state index < -0.39 is 16.1 Å². The molecule has 160 valence electrons. The van der Waals surface area contributed by atoms with Crippen molar-refractivity contribution in [1.82, 2.24) is 9.62 Å². The summed E-state index contributed by atoms with van der Waals surface area (Å²) in [5.74, 6) is 1.01. The summed E-state index contributed by atoms with van der Waals surface area (Å²) in [4.78, 5) is 13.1. The number of nitrogens with zero attached hydrogens (tertiary/aromatic N) is 1. The predicted molar refractivity (Wildman–Crippen MR) is 112 cm³/mol. The SMILES string of the molecule is C[C@H](NC(=O)[C@@H]1CCCN1S(=O)(=O)c1ccc(Cl)cc1)c1ccc2c(c1)OCCO2. The van der Waals surface area contributed by atoms with E-state index in [9.17, 15) is 13.2 Å². The van der Waals surface area contributed by atoms with Crippen LogP contribution in [0.1, 0.15) is 31.4 Å². The van der Waals surface area contributed by atoms with E-state index >= 15 is 0 Å². The molecule has 30 heavy (non-hydrogen) atoms. The highest BCUT2D eigenvalue weighted by Crippen LogP contribution is 2.33. The first-order valence-corrected chi connectivity index (χ1v) is 11.7. The van der Waals surface area contributed by atoms with E-state index in [2.05, 4.69) is 5.32 Å². The van der Waals surface area contributed by atoms with Gasteiger partial charge in [0.1, 0.15) is 19.3 Å². The number of amides is 1. The van der Waals surface area contributed by atoms with Crippen LogP contribution < -0.4 is 14.8 Å². The number of ether oxygens (including phenoxy) is 2. The predicted octanol–water partition coefficient (Wildman–Crippen LogP) is 3.14. The maximum Gasteiger partial charge on any atom is 0.243 e. The molecule has 0 unspecified atom stereocenters. The number of hydrogen-bond donors (Lipinski definition) is 1. The number of nitrogens with one attached hydrogen (secondary N) is 1. The van der Waals surface area contributed by atoms with E-state index in [1.54, 1.807) is 0 Å². The number of benzene rings is 2. The van der Waals surface area contributed by atoms with Gasteiger partial charge in [0, 0.05) is 11.6 Å². The van der Waals surface area contributed by atoms with Gasteiger partial charge in [-0.1, -0.05) is 17.7 Å². The third-order valence-corrected chi connectivity index (χ3v) is 7.53. The molecule has 0 radical (unpaired) electrons. The smallest absolute Gasteiger partial charge is 0.243 e. The van der Waals surface area contributed by atoms with Crippen molar-refractivity contribution < 1.29 is 22.7 Å². The normalized spacial score (nSPS) is 20.0. The molecule has 0 aliphatic carbocycles. The highest BCUT2D eigenvalue weighted by Gasteiger charge is 2.39. The van der Waals surface area contributed by atoms with Crippen LogP contribution in [0.25, 0.3) is 0 Å². The molecule has 1 amide bonds. The van der Waals surface area contributed by atoms with E-state index in [1.807, 2.05) is 25.1 Å². The third-order valence-electron chi connectivity index (χ3n) is 5.35. The molecular formula is C21H23ClN2O5S. The molecule has 2 atom stereocenters. The minimum Gasteiger partial charge on any atom is -0.486 e. The fourth-order valence-corrected chi connectivity index (χ4v) is 5.54. The fraction of sp³-hybridized carbons (Fsp3) is 0.381. The standard InChI is InChI=1S/C21H23ClN2O5S/c1-14(15-4-9-19-20(13-15)29-12-11-28-19)23-21(25)18-3-2-10-24(18)30(26,27)17-7-5-16(22)6-8-17/h4-9,13-14,18H,2-3,10-12H2,1H3,(H,23,25)/t14-,18-/m0/s1. The summed E-state index contributed by atoms with van der Waals surface area (Å²) in [6.07, 6.45) is 1.11. The van der Waals surface area contributed by atoms with Gasteiger partial charge in [0.25, 0.3) is 0 Å². The average Bonchev–Trinajstić information content (AvgIpc) is 3.25. The molecule has 0 bridgehead atoms. The Morgan fingerprint density at radius 3 is 2.57 bits per heavy atom. The van der Waals surface area contributed by atoms with Gasteiger partial charge >= 0.3 is 0 Å². The Labute approximate surface area is 181 Å². The van der Waals surface area contributed by atoms with Gasteiger partial charge in [-0.2, -0.15) is 4.31 Å². The molecule has 2 aromatic rings. The van der Waals surface area contributed by atoms with E-state index in [1.165, 1.54) is 28.6 Å². The molecule has 4 rings (SSSR count). The number of sulfonamides is 1. The molecule has 0 spiro atoms. The van der Waals surface area contributed by atoms with Gasteiger partial charge < -0.3 is 14.8 Å². The van der Waals surface area contributed by atoms with Crippen LogP contribution in [0.4, 0.5) is 0 Å². The monoisotopic (exact) mass is 450 g/mol. The lowest BCUT2D eigenvalue weighted by molar-refractivity contribution is -0.124. The van der Waals surface area contributed by atoms with Crippen molar-refractivity contribution in [2.75, 3.05) is 19.8 Å². The summed E-state index contributed by atoms with van der Waals surface area (Å²) < 4.78 is 38.5. The van der Waals surface area contributed by atoms with Crippen LogP contribution in [0.5, 0.6) is 11.5 Å². The Hall–Kier alpha value is -2.29. The summed E-state index contributed by atoms with van der Waals surface area (Å²) in [6.45, 7) is 3.16. The molecule has 1 fully saturated rings. The highest BCUT2D eigenvalue weighted by atomic mass is 35.5. The Morgan fingerprint density at radius 1 is 1.13 bits per heavy atom. The van der Waals surface area contributed by atoms with Crippen molar-refractivity contribution >= 4 is 27.5 Å². The van der Waals surface area contributed by atoms with E-state index in [-0.39, 0.29) is 16.8 Å². The second-order valence-corrected chi connectivity index (χ2v) is 9.69. The number of rotatable bonds is 5. The Bertz CT molecular complexity index is 1040. The number of hydrogen-bond acceptors (Lipinski definition) is 5. The summed E-state index contributed by atoms with van der Waals surface area (Å²) >= 11 is 5.87. The Kier molecular flexibility index (Phi) is 5.90. The first-order valence-electron chi connectivity index (χ1n) is 9.83. The highest BCUT2D eigenvalue weighted by molar-refractivity contribution is 7.89. The molecular weight excluding hydrogens is 428 g/mol. The minimum absolute atomic E-state index is 0.131. The largest absolute Gasteiger partial charge is 0.486 e. The zero-order valence-corrected chi connectivity index (χ0v) is 18.1. The molecule has 2 aromatic carbocycles. The zero-order valence-electron chi connectivity index (χ0n) is 16.5. The van der Waals surface area contributed by atoms with Crippen molar-refractivity contribution in [1.29, 1.82) is 0 Å². The van der Waals surface area contributed by atoms with Gasteiger partial charge in [-0.05, 0) is 61.7 Å². The molecule has 7 nitrogen and oxygen atoms in total. The molecule has 2 heterocycles. The lowest BCUT2D eigenvalue weighted by Crippen LogP contribution is -2.46. The summed E-state index contributed by atoms with van der Waals surface area (Å²) in [6, 6.07) is 10.5. The Morgan fingerprint density at radius 2 is 1.83 bits per heavy atom. The Balaban J connectivity index is 1.49.